The van der Waals surface area contributed by atoms with E-state index in [1.165, 1.54) is 16.4 Å². The second kappa shape index (κ2) is 12.8. The maximum atomic E-state index is 14.0. The van der Waals surface area contributed by atoms with Crippen molar-refractivity contribution in [2.75, 3.05) is 6.54 Å². The first-order valence-electron chi connectivity index (χ1n) is 14.5. The van der Waals surface area contributed by atoms with Gasteiger partial charge in [-0.15, -0.1) is 0 Å². The van der Waals surface area contributed by atoms with Crippen LogP contribution in [0.4, 0.5) is 4.39 Å². The Bertz CT molecular complexity index is 2060. The standard InChI is InChI=1S/C35H29Cl2FN4O3S/c1-22-8-15-29(16-9-22)46(44,45)41-20-26(18-24-10-13-28(38)14-11-24)34-30(21-41)33(35(43)39-23(2)25-6-4-3-5-7-25)40-42(34)32-17-12-27(36)19-31(32)37/h3-19,23H,20-21H2,1-2H3,(H,39,43)/b26-18+. The minimum atomic E-state index is -4.01. The van der Waals surface area contributed by atoms with Crippen LogP contribution in [0.2, 0.25) is 10.0 Å². The zero-order valence-corrected chi connectivity index (χ0v) is 27.2. The van der Waals surface area contributed by atoms with Crippen molar-refractivity contribution in [2.24, 2.45) is 0 Å². The van der Waals surface area contributed by atoms with Gasteiger partial charge in [-0.2, -0.15) is 9.40 Å². The van der Waals surface area contributed by atoms with E-state index < -0.39 is 21.7 Å². The van der Waals surface area contributed by atoms with Gasteiger partial charge in [0, 0.05) is 23.7 Å². The summed E-state index contributed by atoms with van der Waals surface area (Å²) >= 11 is 12.9. The van der Waals surface area contributed by atoms with Crippen LogP contribution in [-0.2, 0) is 16.6 Å². The molecule has 1 atom stereocenters. The molecule has 0 saturated carbocycles. The van der Waals surface area contributed by atoms with Crippen molar-refractivity contribution in [1.29, 1.82) is 0 Å². The minimum absolute atomic E-state index is 0.0427. The molecule has 1 aliphatic heterocycles. The average Bonchev–Trinajstić information content (AvgIpc) is 3.42. The van der Waals surface area contributed by atoms with Crippen molar-refractivity contribution in [1.82, 2.24) is 19.4 Å². The molecule has 1 unspecified atom stereocenters. The Morgan fingerprint density at radius 1 is 0.957 bits per heavy atom. The van der Waals surface area contributed by atoms with E-state index in [2.05, 4.69) is 5.32 Å². The van der Waals surface area contributed by atoms with Gasteiger partial charge in [0.1, 0.15) is 5.82 Å². The predicted molar refractivity (Wildman–Crippen MR) is 179 cm³/mol. The molecule has 0 fully saturated rings. The summed E-state index contributed by atoms with van der Waals surface area (Å²) in [6.45, 7) is 3.57. The van der Waals surface area contributed by atoms with Crippen LogP contribution in [0.25, 0.3) is 17.3 Å². The van der Waals surface area contributed by atoms with Crippen LogP contribution in [0.5, 0.6) is 0 Å². The van der Waals surface area contributed by atoms with Crippen molar-refractivity contribution < 1.29 is 17.6 Å². The largest absolute Gasteiger partial charge is 0.344 e. The molecular formula is C35H29Cl2FN4O3S. The van der Waals surface area contributed by atoms with Crippen LogP contribution >= 0.6 is 23.2 Å². The highest BCUT2D eigenvalue weighted by Crippen LogP contribution is 2.38. The molecule has 234 valence electrons. The summed E-state index contributed by atoms with van der Waals surface area (Å²) in [7, 11) is -4.01. The van der Waals surface area contributed by atoms with Gasteiger partial charge >= 0.3 is 0 Å². The first-order valence-corrected chi connectivity index (χ1v) is 16.7. The Kier molecular flexibility index (Phi) is 8.85. The molecule has 5 aromatic rings. The third-order valence-electron chi connectivity index (χ3n) is 7.84. The lowest BCUT2D eigenvalue weighted by molar-refractivity contribution is 0.0933. The summed E-state index contributed by atoms with van der Waals surface area (Å²) in [6, 6.07) is 26.5. The van der Waals surface area contributed by atoms with E-state index in [-0.39, 0.29) is 29.7 Å². The van der Waals surface area contributed by atoms with E-state index in [1.807, 2.05) is 44.2 Å². The topological polar surface area (TPSA) is 84.3 Å². The number of sulfonamides is 1. The van der Waals surface area contributed by atoms with Crippen molar-refractivity contribution >= 4 is 50.8 Å². The highest BCUT2D eigenvalue weighted by atomic mass is 35.5. The van der Waals surface area contributed by atoms with Gasteiger partial charge in [0.2, 0.25) is 10.0 Å². The Hall–Kier alpha value is -4.28. The van der Waals surface area contributed by atoms with Gasteiger partial charge in [0.05, 0.1) is 27.3 Å². The van der Waals surface area contributed by atoms with Crippen molar-refractivity contribution in [3.05, 3.63) is 147 Å². The van der Waals surface area contributed by atoms with Gasteiger partial charge in [-0.25, -0.2) is 17.5 Å². The number of aromatic nitrogens is 2. The maximum absolute atomic E-state index is 14.0. The molecule has 1 aliphatic rings. The van der Waals surface area contributed by atoms with Crippen molar-refractivity contribution in [3.8, 4) is 5.69 Å². The lowest BCUT2D eigenvalue weighted by Gasteiger charge is -2.29. The number of benzene rings is 4. The number of hydrogen-bond acceptors (Lipinski definition) is 4. The summed E-state index contributed by atoms with van der Waals surface area (Å²) in [4.78, 5) is 14.1. The molecule has 2 heterocycles. The van der Waals surface area contributed by atoms with E-state index in [0.717, 1.165) is 11.1 Å². The van der Waals surface area contributed by atoms with Crippen LogP contribution in [0, 0.1) is 12.7 Å². The van der Waals surface area contributed by atoms with Gasteiger partial charge in [-0.1, -0.05) is 83.4 Å². The summed E-state index contributed by atoms with van der Waals surface area (Å²) in [5, 5.41) is 8.48. The lowest BCUT2D eigenvalue weighted by atomic mass is 9.98. The zero-order chi connectivity index (χ0) is 32.6. The van der Waals surface area contributed by atoms with E-state index >= 15 is 0 Å². The number of nitrogens with one attached hydrogen (secondary N) is 1. The van der Waals surface area contributed by atoms with Crippen LogP contribution in [-0.4, -0.2) is 35.0 Å². The van der Waals surface area contributed by atoms with Gasteiger partial charge in [-0.3, -0.25) is 4.79 Å². The van der Waals surface area contributed by atoms with Gasteiger partial charge < -0.3 is 5.32 Å². The molecular weight excluding hydrogens is 646 g/mol. The van der Waals surface area contributed by atoms with Crippen LogP contribution in [0.3, 0.4) is 0 Å². The SMILES string of the molecule is Cc1ccc(S(=O)(=O)N2C/C(=C\c3ccc(F)cc3)c3c(c(C(=O)NC(C)c4ccccc4)nn3-c3ccc(Cl)cc3Cl)C2)cc1. The molecule has 0 saturated heterocycles. The summed E-state index contributed by atoms with van der Waals surface area (Å²) in [5.41, 5.74) is 4.41. The van der Waals surface area contributed by atoms with Crippen molar-refractivity contribution in [2.45, 2.75) is 31.3 Å². The van der Waals surface area contributed by atoms with E-state index in [1.54, 1.807) is 65.4 Å². The van der Waals surface area contributed by atoms with Gasteiger partial charge in [-0.05, 0) is 79.1 Å². The minimum Gasteiger partial charge on any atom is -0.344 e. The average molecular weight is 676 g/mol. The Morgan fingerprint density at radius 2 is 1.65 bits per heavy atom. The van der Waals surface area contributed by atoms with E-state index in [9.17, 15) is 17.6 Å². The third kappa shape index (κ3) is 6.37. The van der Waals surface area contributed by atoms with Crippen LogP contribution in [0.15, 0.2) is 102 Å². The first-order chi connectivity index (χ1) is 22.0. The number of nitrogens with zero attached hydrogens (tertiary/aromatic N) is 3. The third-order valence-corrected chi connectivity index (χ3v) is 10.2. The molecule has 0 bridgehead atoms. The second-order valence-corrected chi connectivity index (χ2v) is 13.9. The molecule has 1 aromatic heterocycles. The number of hydrogen-bond donors (Lipinski definition) is 1. The second-order valence-electron chi connectivity index (χ2n) is 11.1. The Balaban J connectivity index is 1.54. The fourth-order valence-electron chi connectivity index (χ4n) is 5.43. The Labute approximate surface area is 276 Å². The molecule has 11 heteroatoms. The van der Waals surface area contributed by atoms with E-state index in [4.69, 9.17) is 28.3 Å². The molecule has 6 rings (SSSR count). The number of amides is 1. The molecule has 7 nitrogen and oxygen atoms in total. The van der Waals surface area contributed by atoms with Crippen LogP contribution < -0.4 is 5.32 Å². The van der Waals surface area contributed by atoms with E-state index in [0.29, 0.717) is 38.1 Å². The fourth-order valence-corrected chi connectivity index (χ4v) is 7.31. The normalized spacial score (nSPS) is 15.0. The fraction of sp³-hybridized carbons (Fsp3) is 0.143. The number of carbonyl (C=O) groups is 1. The quantitative estimate of drug-likeness (QED) is 0.190. The van der Waals surface area contributed by atoms with Crippen LogP contribution in [0.1, 0.15) is 51.4 Å². The predicted octanol–water partition coefficient (Wildman–Crippen LogP) is 7.86. The zero-order valence-electron chi connectivity index (χ0n) is 24.9. The number of aryl methyl sites for hydroxylation is 1. The van der Waals surface area contributed by atoms with Gasteiger partial charge in [0.15, 0.2) is 5.69 Å². The van der Waals surface area contributed by atoms with Crippen molar-refractivity contribution in [3.63, 3.8) is 0 Å². The molecule has 46 heavy (non-hydrogen) atoms. The number of carbonyl (C=O) groups excluding carboxylic acids is 1. The maximum Gasteiger partial charge on any atom is 0.272 e. The molecule has 0 radical (unpaired) electrons. The molecule has 4 aromatic carbocycles. The molecule has 1 amide bonds. The first kappa shape index (κ1) is 31.7. The Morgan fingerprint density at radius 3 is 2.33 bits per heavy atom. The van der Waals surface area contributed by atoms with Gasteiger partial charge in [0.25, 0.3) is 5.91 Å². The number of rotatable bonds is 7. The monoisotopic (exact) mass is 674 g/mol. The lowest BCUT2D eigenvalue weighted by Crippen LogP contribution is -2.37. The number of fused-ring (bicyclic) bond motifs is 1. The number of halogens is 3. The molecule has 0 aliphatic carbocycles. The summed E-state index contributed by atoms with van der Waals surface area (Å²) < 4.78 is 44.8. The highest BCUT2D eigenvalue weighted by Gasteiger charge is 2.37. The smallest absolute Gasteiger partial charge is 0.272 e. The highest BCUT2D eigenvalue weighted by molar-refractivity contribution is 7.89. The summed E-state index contributed by atoms with van der Waals surface area (Å²) in [5.74, 6) is -0.883. The summed E-state index contributed by atoms with van der Waals surface area (Å²) in [6.07, 6.45) is 1.77. The molecule has 0 spiro atoms. The molecule has 1 N–H and O–H groups in total.